The van der Waals surface area contributed by atoms with E-state index < -0.39 is 12.1 Å². The van der Waals surface area contributed by atoms with Crippen molar-refractivity contribution in [2.24, 2.45) is 7.05 Å². The number of rotatable bonds is 7. The molecule has 0 spiro atoms. The summed E-state index contributed by atoms with van der Waals surface area (Å²) in [5, 5.41) is 14.2. The number of nitrogens with zero attached hydrogens (tertiary/aromatic N) is 6. The van der Waals surface area contributed by atoms with Gasteiger partial charge in [0, 0.05) is 35.9 Å². The van der Waals surface area contributed by atoms with Crippen LogP contribution in [0.3, 0.4) is 0 Å². The molecule has 10 nitrogen and oxygen atoms in total. The summed E-state index contributed by atoms with van der Waals surface area (Å²) in [4.78, 5) is 26.3. The minimum Gasteiger partial charge on any atom is -0.342 e. The van der Waals surface area contributed by atoms with Crippen LogP contribution in [-0.2, 0) is 18.9 Å². The third-order valence-electron chi connectivity index (χ3n) is 7.14. The van der Waals surface area contributed by atoms with Crippen molar-refractivity contribution in [1.29, 1.82) is 0 Å². The van der Waals surface area contributed by atoms with E-state index in [1.165, 1.54) is 0 Å². The zero-order valence-corrected chi connectivity index (χ0v) is 22.9. The lowest BCUT2D eigenvalue weighted by atomic mass is 9.95. The summed E-state index contributed by atoms with van der Waals surface area (Å²) < 4.78 is 22.8. The molecule has 1 saturated carbocycles. The minimum atomic E-state index is -1.01. The van der Waals surface area contributed by atoms with Gasteiger partial charge < -0.3 is 15.2 Å². The molecule has 196 valence electrons. The Labute approximate surface area is 232 Å². The molecule has 2 atom stereocenters. The van der Waals surface area contributed by atoms with E-state index in [-0.39, 0.29) is 23.7 Å². The molecule has 1 aromatic carbocycles. The second-order valence-corrected chi connectivity index (χ2v) is 10.7. The molecule has 2 aliphatic rings. The Morgan fingerprint density at radius 1 is 1.26 bits per heavy atom. The maximum atomic E-state index is 14.8. The van der Waals surface area contributed by atoms with Gasteiger partial charge in [0.2, 0.25) is 11.8 Å². The van der Waals surface area contributed by atoms with Crippen LogP contribution in [-0.4, -0.2) is 46.4 Å². The van der Waals surface area contributed by atoms with Crippen LogP contribution < -0.4 is 10.6 Å². The molecule has 1 amide bonds. The van der Waals surface area contributed by atoms with Crippen LogP contribution >= 0.6 is 22.6 Å². The van der Waals surface area contributed by atoms with Crippen LogP contribution in [0.15, 0.2) is 47.4 Å². The average molecular weight is 628 g/mol. The SMILES string of the molecule is Cn1cc(Nc2nccc(-c3ccc4c(c3)CC(F)CCC4NC(=O)c3noc(C4(CI)CC4)n3)n2)cn1. The number of anilines is 2. The van der Waals surface area contributed by atoms with Gasteiger partial charge in [0.25, 0.3) is 11.7 Å². The molecule has 0 bridgehead atoms. The number of hydrogen-bond donors (Lipinski definition) is 2. The number of fused-ring (bicyclic) bond motifs is 1. The lowest BCUT2D eigenvalue weighted by molar-refractivity contribution is 0.0919. The molecule has 2 unspecified atom stereocenters. The van der Waals surface area contributed by atoms with E-state index >= 15 is 0 Å². The lowest BCUT2D eigenvalue weighted by Gasteiger charge is -2.19. The van der Waals surface area contributed by atoms with Gasteiger partial charge in [-0.25, -0.2) is 14.4 Å². The summed E-state index contributed by atoms with van der Waals surface area (Å²) in [7, 11) is 1.83. The van der Waals surface area contributed by atoms with Crippen molar-refractivity contribution >= 4 is 40.1 Å². The highest BCUT2D eigenvalue weighted by Crippen LogP contribution is 2.48. The second kappa shape index (κ2) is 10.0. The van der Waals surface area contributed by atoms with Crippen molar-refractivity contribution in [2.45, 2.75) is 49.7 Å². The highest BCUT2D eigenvalue weighted by atomic mass is 127. The third kappa shape index (κ3) is 5.00. The van der Waals surface area contributed by atoms with Crippen LogP contribution in [0.4, 0.5) is 16.0 Å². The van der Waals surface area contributed by atoms with E-state index in [9.17, 15) is 9.18 Å². The number of aromatic nitrogens is 6. The van der Waals surface area contributed by atoms with Gasteiger partial charge in [-0.1, -0.05) is 39.9 Å². The first-order valence-electron chi connectivity index (χ1n) is 12.5. The molecule has 2 N–H and O–H groups in total. The predicted octanol–water partition coefficient (Wildman–Crippen LogP) is 4.62. The normalized spacial score (nSPS) is 19.9. The van der Waals surface area contributed by atoms with E-state index in [1.807, 2.05) is 37.5 Å². The second-order valence-electron chi connectivity index (χ2n) is 9.95. The van der Waals surface area contributed by atoms with Crippen LogP contribution in [0, 0.1) is 0 Å². The topological polar surface area (TPSA) is 124 Å². The van der Waals surface area contributed by atoms with Gasteiger partial charge >= 0.3 is 0 Å². The lowest BCUT2D eigenvalue weighted by Crippen LogP contribution is -2.29. The Morgan fingerprint density at radius 3 is 2.89 bits per heavy atom. The molecule has 2 aliphatic carbocycles. The molecule has 3 heterocycles. The van der Waals surface area contributed by atoms with E-state index in [4.69, 9.17) is 4.52 Å². The van der Waals surface area contributed by atoms with Gasteiger partial charge in [-0.2, -0.15) is 10.1 Å². The fourth-order valence-electron chi connectivity index (χ4n) is 4.78. The molecule has 3 aromatic heterocycles. The summed E-state index contributed by atoms with van der Waals surface area (Å²) >= 11 is 2.31. The van der Waals surface area contributed by atoms with Crippen molar-refractivity contribution in [3.63, 3.8) is 0 Å². The van der Waals surface area contributed by atoms with Crippen molar-refractivity contribution < 1.29 is 13.7 Å². The number of benzene rings is 1. The predicted molar refractivity (Wildman–Crippen MR) is 146 cm³/mol. The first kappa shape index (κ1) is 24.9. The molecule has 38 heavy (non-hydrogen) atoms. The Morgan fingerprint density at radius 2 is 2.13 bits per heavy atom. The Hall–Kier alpha value is -3.42. The molecule has 6 rings (SSSR count). The van der Waals surface area contributed by atoms with E-state index in [1.54, 1.807) is 17.1 Å². The number of aryl methyl sites for hydroxylation is 1. The average Bonchev–Trinajstić information content (AvgIpc) is 3.41. The molecular formula is C26H26FIN8O2. The van der Waals surface area contributed by atoms with Gasteiger partial charge in [0.15, 0.2) is 0 Å². The van der Waals surface area contributed by atoms with E-state index in [0.29, 0.717) is 30.4 Å². The Balaban J connectivity index is 1.23. The fraction of sp³-hybridized carbons (Fsp3) is 0.385. The molecule has 1 fully saturated rings. The number of carbonyl (C=O) groups excluding carboxylic acids is 1. The maximum Gasteiger partial charge on any atom is 0.293 e. The first-order valence-corrected chi connectivity index (χ1v) is 14.0. The van der Waals surface area contributed by atoms with Crippen molar-refractivity contribution in [3.05, 3.63) is 65.7 Å². The molecule has 0 saturated heterocycles. The molecule has 12 heteroatoms. The third-order valence-corrected chi connectivity index (χ3v) is 8.60. The molecule has 0 radical (unpaired) electrons. The number of halogens is 2. The number of amides is 1. The summed E-state index contributed by atoms with van der Waals surface area (Å²) in [6, 6.07) is 7.29. The van der Waals surface area contributed by atoms with Crippen LogP contribution in [0.1, 0.15) is 59.4 Å². The molecule has 4 aromatic rings. The fourth-order valence-corrected chi connectivity index (χ4v) is 5.87. The number of alkyl halides is 2. The van der Waals surface area contributed by atoms with E-state index in [2.05, 4.69) is 58.4 Å². The summed E-state index contributed by atoms with van der Waals surface area (Å²) in [5.74, 6) is 0.566. The number of carbonyl (C=O) groups is 1. The zero-order chi connectivity index (χ0) is 26.3. The van der Waals surface area contributed by atoms with Gasteiger partial charge in [-0.05, 0) is 48.9 Å². The van der Waals surface area contributed by atoms with Gasteiger partial charge in [0.05, 0.1) is 29.0 Å². The van der Waals surface area contributed by atoms with Crippen molar-refractivity contribution in [1.82, 2.24) is 35.2 Å². The quantitative estimate of drug-likeness (QED) is 0.173. The number of nitrogens with one attached hydrogen (secondary N) is 2. The van der Waals surface area contributed by atoms with Crippen LogP contribution in [0.2, 0.25) is 0 Å². The zero-order valence-electron chi connectivity index (χ0n) is 20.7. The van der Waals surface area contributed by atoms with Gasteiger partial charge in [-0.3, -0.25) is 9.48 Å². The Kier molecular flexibility index (Phi) is 6.58. The smallest absolute Gasteiger partial charge is 0.293 e. The maximum absolute atomic E-state index is 14.8. The van der Waals surface area contributed by atoms with Crippen molar-refractivity contribution in [3.8, 4) is 11.3 Å². The summed E-state index contributed by atoms with van der Waals surface area (Å²) in [5.41, 5.74) is 3.97. The highest BCUT2D eigenvalue weighted by molar-refractivity contribution is 14.1. The monoisotopic (exact) mass is 628 g/mol. The standard InChI is InChI=1S/C26H26FIN8O2/c1-36-13-18(12-30-36)31-25-29-9-6-20(33-25)15-2-4-19-16(10-15)11-17(27)3-5-21(19)32-23(37)22-34-24(38-35-22)26(14-28)7-8-26/h2,4,6,9-10,12-13,17,21H,3,5,7-8,11,14H2,1H3,(H,32,37)(H,29,31,33). The number of hydrogen-bond acceptors (Lipinski definition) is 8. The van der Waals surface area contributed by atoms with Crippen molar-refractivity contribution in [2.75, 3.05) is 9.74 Å². The van der Waals surface area contributed by atoms with Gasteiger partial charge in [0.1, 0.15) is 6.17 Å². The molecule has 0 aliphatic heterocycles. The summed E-state index contributed by atoms with van der Waals surface area (Å²) in [6.45, 7) is 0. The van der Waals surface area contributed by atoms with Gasteiger partial charge in [-0.15, -0.1) is 0 Å². The summed E-state index contributed by atoms with van der Waals surface area (Å²) in [6.07, 6.45) is 7.27. The molecular weight excluding hydrogens is 602 g/mol. The Bertz CT molecular complexity index is 1480. The largest absolute Gasteiger partial charge is 0.342 e. The first-order chi connectivity index (χ1) is 18.4. The van der Waals surface area contributed by atoms with Crippen LogP contribution in [0.5, 0.6) is 0 Å². The minimum absolute atomic E-state index is 0.0185. The van der Waals surface area contributed by atoms with Crippen LogP contribution in [0.25, 0.3) is 11.3 Å². The van der Waals surface area contributed by atoms with E-state index in [0.717, 1.165) is 39.6 Å². The highest BCUT2D eigenvalue weighted by Gasteiger charge is 2.48.